The zero-order valence-electron chi connectivity index (χ0n) is 66.6. The highest BCUT2D eigenvalue weighted by atomic mass is 28.4. The van der Waals surface area contributed by atoms with Crippen molar-refractivity contribution in [2.75, 3.05) is 19.8 Å². The van der Waals surface area contributed by atoms with E-state index in [2.05, 4.69) is 91.9 Å². The van der Waals surface area contributed by atoms with Gasteiger partial charge in [0.25, 0.3) is 42.7 Å². The Bertz CT molecular complexity index is 4140. The van der Waals surface area contributed by atoms with Crippen molar-refractivity contribution in [3.05, 3.63) is 230 Å². The van der Waals surface area contributed by atoms with Crippen molar-refractivity contribution in [1.82, 2.24) is 20.0 Å². The molecular formula is C86H110N4O17Si3. The van der Waals surface area contributed by atoms with Gasteiger partial charge >= 0.3 is 24.4 Å². The minimum Gasteiger partial charge on any atom is -0.445 e. The molecule has 0 bridgehead atoms. The van der Waals surface area contributed by atoms with Crippen LogP contribution in [0.3, 0.4) is 0 Å². The molecule has 7 aromatic rings. The van der Waals surface area contributed by atoms with Crippen LogP contribution in [0.5, 0.6) is 0 Å². The highest BCUT2D eigenvalue weighted by molar-refractivity contribution is 7.00. The molecule has 7 atom stereocenters. The molecule has 7 aromatic carbocycles. The number of carbonyl (C=O) groups is 7. The fourth-order valence-electron chi connectivity index (χ4n) is 14.3. The van der Waals surface area contributed by atoms with Gasteiger partial charge in [0, 0.05) is 6.08 Å². The first-order valence-corrected chi connectivity index (χ1v) is 42.8. The first-order chi connectivity index (χ1) is 51.5. The van der Waals surface area contributed by atoms with Gasteiger partial charge in [-0.05, 0) is 114 Å². The SMILES string of the molecule is CC(C)(C)OC(=O)N1C(=O)C=C[C@@H]1CO[Si](c1ccccc1)(c1ccccc1)C(C)(C)C.CC(C)(C)OC(=O)N1C(=O)[C@@H](O)[C@@H](NC(=O)OCc2ccccc2)[C@@H]1CO[Si](c1ccccc1)(c1ccccc1)C(C)(C)C.CC(C)(C)OC(=O)N1C(=O)[C@@H](O)[C@@H](O)[C@@H]1CO[Si](c1ccccc1)(c1ccccc1)C(C)(C)C. The molecule has 0 unspecified atom stereocenters. The number of alkyl carbamates (subject to hydrolysis) is 1. The predicted octanol–water partition coefficient (Wildman–Crippen LogP) is 11.1. The third kappa shape index (κ3) is 20.1. The summed E-state index contributed by atoms with van der Waals surface area (Å²) in [6.45, 7) is 34.6. The molecule has 10 rings (SSSR count). The molecule has 2 saturated heterocycles. The number of amides is 7. The minimum absolute atomic E-state index is 0.0115. The molecule has 0 radical (unpaired) electrons. The maximum absolute atomic E-state index is 13.4. The molecular weight excluding hydrogens is 1450 g/mol. The second-order valence-corrected chi connectivity index (χ2v) is 46.6. The standard InChI is InChI=1S/C34H42N2O7Si.C26H35NO6Si.C26H33NO4Si/c1-33(2,3)43-32(40)36-27(28(29(37)30(36)38)35-31(39)41-22-24-16-10-7-11-17-24)23-42-44(34(4,5)6,25-18-12-8-13-19-25)26-20-14-9-15-21-26;1-25(2,3)33-24(31)27-20(21(28)22(29)23(27)30)17-32-34(26(4,5)6,18-13-9-7-10-14-18)19-15-11-8-12-16-19;1-25(2,3)31-24(29)27-20(17-18-23(27)28)19-30-32(26(4,5)6,21-13-9-7-10-14-21)22-15-11-8-12-16-22/h7-21,27-29,37H,22-23H2,1-6H3,(H,35,39);7-16,20-22,28-29H,17H2,1-6H3;7-18,20H,19H2,1-6H3/t27-,28-,29-;20-,21-,22-;20-/m001/s1. The van der Waals surface area contributed by atoms with Crippen molar-refractivity contribution in [3.63, 3.8) is 0 Å². The van der Waals surface area contributed by atoms with Gasteiger partial charge in [0.05, 0.1) is 44.0 Å². The highest BCUT2D eigenvalue weighted by Gasteiger charge is 2.58. The number of imide groups is 3. The van der Waals surface area contributed by atoms with E-state index in [9.17, 15) is 48.9 Å². The van der Waals surface area contributed by atoms with E-state index in [1.807, 2.05) is 188 Å². The van der Waals surface area contributed by atoms with Crippen LogP contribution in [0.2, 0.25) is 15.1 Å². The Balaban J connectivity index is 0.000000211. The summed E-state index contributed by atoms with van der Waals surface area (Å²) in [5, 5.41) is 40.1. The van der Waals surface area contributed by atoms with Crippen molar-refractivity contribution in [3.8, 4) is 0 Å². The van der Waals surface area contributed by atoms with E-state index in [1.54, 1.807) is 68.4 Å². The fraction of sp³-hybridized carbons (Fsp3) is 0.407. The number of hydrogen-bond donors (Lipinski definition) is 4. The van der Waals surface area contributed by atoms with Crippen LogP contribution in [-0.4, -0.2) is 176 Å². The molecule has 0 saturated carbocycles. The number of carbonyl (C=O) groups excluding carboxylic acids is 7. The van der Waals surface area contributed by atoms with Crippen LogP contribution < -0.4 is 36.4 Å². The summed E-state index contributed by atoms with van der Waals surface area (Å²) < 4.78 is 42.5. The molecule has 2 fully saturated rings. The Kier molecular flexibility index (Phi) is 27.8. The van der Waals surface area contributed by atoms with Gasteiger partial charge in [-0.15, -0.1) is 0 Å². The normalized spacial score (nSPS) is 19.2. The van der Waals surface area contributed by atoms with Crippen LogP contribution >= 0.6 is 0 Å². The van der Waals surface area contributed by atoms with Crippen LogP contribution in [0.15, 0.2) is 224 Å². The summed E-state index contributed by atoms with van der Waals surface area (Å²) in [6.07, 6.45) is -5.12. The van der Waals surface area contributed by atoms with Crippen molar-refractivity contribution >= 4 is 98.2 Å². The van der Waals surface area contributed by atoms with E-state index in [0.29, 0.717) is 0 Å². The molecule has 21 nitrogen and oxygen atoms in total. The number of aliphatic hydroxyl groups is 3. The molecule has 0 spiro atoms. The molecule has 3 aliphatic rings. The fourth-order valence-corrected chi connectivity index (χ4v) is 28.0. The predicted molar refractivity (Wildman–Crippen MR) is 432 cm³/mol. The maximum atomic E-state index is 13.4. The van der Waals surface area contributed by atoms with Gasteiger partial charge in [0.2, 0.25) is 0 Å². The Labute approximate surface area is 651 Å². The number of likely N-dealkylation sites (tertiary alicyclic amines) is 2. The lowest BCUT2D eigenvalue weighted by Crippen LogP contribution is -2.68. The molecule has 110 heavy (non-hydrogen) atoms. The molecule has 588 valence electrons. The Hall–Kier alpha value is -9.22. The van der Waals surface area contributed by atoms with Crippen molar-refractivity contribution in [2.45, 2.75) is 206 Å². The van der Waals surface area contributed by atoms with E-state index < -0.39 is 125 Å². The number of aliphatic hydroxyl groups excluding tert-OH is 3. The molecule has 7 amide bonds. The maximum Gasteiger partial charge on any atom is 0.417 e. The van der Waals surface area contributed by atoms with E-state index in [1.165, 1.54) is 6.08 Å². The largest absolute Gasteiger partial charge is 0.445 e. The van der Waals surface area contributed by atoms with Crippen LogP contribution in [-0.2, 0) is 53.2 Å². The van der Waals surface area contributed by atoms with E-state index in [4.69, 9.17) is 32.2 Å². The monoisotopic (exact) mass is 1550 g/mol. The van der Waals surface area contributed by atoms with Crippen LogP contribution in [0.25, 0.3) is 0 Å². The smallest absolute Gasteiger partial charge is 0.417 e. The van der Waals surface area contributed by atoms with E-state index in [-0.39, 0.29) is 42.4 Å². The Morgan fingerprint density at radius 2 is 0.664 bits per heavy atom. The first kappa shape index (κ1) is 86.4. The lowest BCUT2D eigenvalue weighted by Gasteiger charge is -2.44. The molecule has 4 N–H and O–H groups in total. The number of hydrogen-bond acceptors (Lipinski definition) is 17. The summed E-state index contributed by atoms with van der Waals surface area (Å²) in [7, 11) is -8.88. The summed E-state index contributed by atoms with van der Waals surface area (Å²) in [5.74, 6) is -2.16. The lowest BCUT2D eigenvalue weighted by atomic mass is 10.1. The van der Waals surface area contributed by atoms with Crippen LogP contribution in [0, 0.1) is 0 Å². The topological polar surface area (TPSA) is 267 Å². The number of ether oxygens (including phenoxy) is 4. The Morgan fingerprint density at radius 1 is 0.382 bits per heavy atom. The first-order valence-electron chi connectivity index (χ1n) is 37.1. The number of benzene rings is 7. The van der Waals surface area contributed by atoms with Gasteiger partial charge in [0.1, 0.15) is 29.5 Å². The zero-order valence-corrected chi connectivity index (χ0v) is 69.6. The van der Waals surface area contributed by atoms with Gasteiger partial charge in [-0.3, -0.25) is 14.4 Å². The van der Waals surface area contributed by atoms with Gasteiger partial charge in [0.15, 0.2) is 12.2 Å². The average molecular weight is 1560 g/mol. The minimum atomic E-state index is -3.12. The second kappa shape index (κ2) is 35.4. The van der Waals surface area contributed by atoms with Crippen molar-refractivity contribution < 1.29 is 81.1 Å². The third-order valence-corrected chi connectivity index (χ3v) is 34.1. The molecule has 0 aliphatic carbocycles. The zero-order chi connectivity index (χ0) is 81.0. The lowest BCUT2D eigenvalue weighted by molar-refractivity contribution is -0.136. The Morgan fingerprint density at radius 3 is 0.982 bits per heavy atom. The second-order valence-electron chi connectivity index (χ2n) is 33.7. The average Bonchev–Trinajstić information content (AvgIpc) is 0.834. The van der Waals surface area contributed by atoms with Crippen LogP contribution in [0.1, 0.15) is 130 Å². The third-order valence-electron chi connectivity index (χ3n) is 19.1. The van der Waals surface area contributed by atoms with Crippen LogP contribution in [0.4, 0.5) is 19.2 Å². The number of rotatable bonds is 18. The molecule has 0 aromatic heterocycles. The van der Waals surface area contributed by atoms with Gasteiger partial charge in [-0.25, -0.2) is 33.9 Å². The molecule has 24 heteroatoms. The van der Waals surface area contributed by atoms with E-state index >= 15 is 0 Å². The molecule has 3 heterocycles. The quantitative estimate of drug-likeness (QED) is 0.0459. The number of nitrogens with zero attached hydrogens (tertiary/aromatic N) is 3. The summed E-state index contributed by atoms with van der Waals surface area (Å²) >= 11 is 0. The van der Waals surface area contributed by atoms with Gasteiger partial charge in [-0.2, -0.15) is 0 Å². The van der Waals surface area contributed by atoms with Crippen molar-refractivity contribution in [2.24, 2.45) is 0 Å². The van der Waals surface area contributed by atoms with Gasteiger partial charge < -0.3 is 52.9 Å². The van der Waals surface area contributed by atoms with E-state index in [0.717, 1.165) is 51.4 Å². The van der Waals surface area contributed by atoms with Gasteiger partial charge in [-0.1, -0.05) is 281 Å². The summed E-state index contributed by atoms with van der Waals surface area (Å²) in [6, 6.07) is 65.5. The summed E-state index contributed by atoms with van der Waals surface area (Å²) in [4.78, 5) is 93.4. The van der Waals surface area contributed by atoms with Crippen molar-refractivity contribution in [1.29, 1.82) is 0 Å². The highest BCUT2D eigenvalue weighted by Crippen LogP contribution is 2.41. The summed E-state index contributed by atoms with van der Waals surface area (Å²) in [5.41, 5.74) is -1.68. The number of nitrogens with one attached hydrogen (secondary N) is 1. The molecule has 3 aliphatic heterocycles.